The first-order valence-electron chi connectivity index (χ1n) is 9.16. The van der Waals surface area contributed by atoms with Crippen LogP contribution in [0.15, 0.2) is 12.2 Å². The van der Waals surface area contributed by atoms with E-state index in [1.165, 1.54) is 83.1 Å². The second-order valence-electron chi connectivity index (χ2n) is 6.25. The van der Waals surface area contributed by atoms with Crippen molar-refractivity contribution in [3.63, 3.8) is 0 Å². The van der Waals surface area contributed by atoms with Crippen molar-refractivity contribution >= 4 is 39.7 Å². The number of hydrogen-bond acceptors (Lipinski definition) is 2. The van der Waals surface area contributed by atoms with Crippen molar-refractivity contribution in [2.24, 2.45) is 0 Å². The normalized spacial score (nSPS) is 11.7. The molecule has 0 radical (unpaired) electrons. The van der Waals surface area contributed by atoms with Crippen LogP contribution in [0.4, 0.5) is 0 Å². The molecule has 0 aromatic heterocycles. The molecule has 1 N–H and O–H groups in total. The molecule has 0 aliphatic carbocycles. The summed E-state index contributed by atoms with van der Waals surface area (Å²) in [7, 11) is -3.83. The molecule has 0 rings (SSSR count). The summed E-state index contributed by atoms with van der Waals surface area (Å²) in [5.41, 5.74) is 0. The summed E-state index contributed by atoms with van der Waals surface area (Å²) in [5, 5.41) is 0. The fourth-order valence-electron chi connectivity index (χ4n) is 2.59. The maximum atomic E-state index is 10.5. The molecule has 0 amide bonds. The number of hydrogen-bond donors (Lipinski definition) is 1. The zero-order valence-corrected chi connectivity index (χ0v) is 15.2. The summed E-state index contributed by atoms with van der Waals surface area (Å²) in [4.78, 5) is 0. The molecular weight excluding hydrogens is 319 g/mol. The van der Waals surface area contributed by atoms with Gasteiger partial charge in [-0.1, -0.05) is 96.1 Å². The Bertz CT molecular complexity index is 353. The van der Waals surface area contributed by atoms with E-state index in [1.54, 1.807) is 0 Å². The van der Waals surface area contributed by atoms with Crippen LogP contribution in [0.5, 0.6) is 0 Å². The summed E-state index contributed by atoms with van der Waals surface area (Å²) in [6, 6.07) is 0. The van der Waals surface area contributed by atoms with E-state index >= 15 is 0 Å². The topological polar surface area (TPSA) is 54.4 Å². The summed E-state index contributed by atoms with van der Waals surface area (Å²) >= 11 is 0. The van der Waals surface area contributed by atoms with Crippen LogP contribution in [-0.2, 0) is 10.1 Å². The molecule has 23 heavy (non-hydrogen) atoms. The Balaban J connectivity index is 0. The van der Waals surface area contributed by atoms with E-state index in [9.17, 15) is 8.42 Å². The van der Waals surface area contributed by atoms with Crippen LogP contribution in [0.2, 0.25) is 0 Å². The predicted molar refractivity (Wildman–Crippen MR) is 103 cm³/mol. The van der Waals surface area contributed by atoms with E-state index in [-0.39, 0.29) is 35.3 Å². The number of rotatable bonds is 16. The molecule has 0 aliphatic heterocycles. The monoisotopic (exact) mass is 356 g/mol. The van der Waals surface area contributed by atoms with Crippen LogP contribution < -0.4 is 0 Å². The van der Waals surface area contributed by atoms with Gasteiger partial charge in [-0.05, 0) is 12.8 Å². The molecule has 0 spiro atoms. The molecule has 0 aromatic carbocycles. The zero-order valence-electron chi connectivity index (χ0n) is 14.4. The van der Waals surface area contributed by atoms with Crippen LogP contribution in [-0.4, -0.2) is 48.3 Å². The summed E-state index contributed by atoms with van der Waals surface area (Å²) < 4.78 is 29.5. The second-order valence-corrected chi connectivity index (χ2v) is 7.75. The van der Waals surface area contributed by atoms with Gasteiger partial charge < -0.3 is 0 Å². The molecule has 0 aromatic rings. The van der Waals surface area contributed by atoms with Gasteiger partial charge in [0.2, 0.25) is 0 Å². The minimum absolute atomic E-state index is 0. The van der Waals surface area contributed by atoms with Crippen LogP contribution >= 0.6 is 0 Å². The van der Waals surface area contributed by atoms with Gasteiger partial charge in [0.1, 0.15) is 0 Å². The van der Waals surface area contributed by atoms with Crippen LogP contribution in [0, 0.1) is 0 Å². The molecule has 0 fully saturated rings. The second kappa shape index (κ2) is 19.0. The van der Waals surface area contributed by atoms with Gasteiger partial charge in [-0.25, -0.2) is 0 Å². The molecular formula is C18H37NaO3S. The van der Waals surface area contributed by atoms with Gasteiger partial charge in [-0.2, -0.15) is 8.42 Å². The van der Waals surface area contributed by atoms with Gasteiger partial charge in [0.25, 0.3) is 10.1 Å². The number of allylic oxidation sites excluding steroid dienone is 1. The number of unbranched alkanes of at least 4 members (excludes halogenated alkanes) is 13. The fraction of sp³-hybridized carbons (Fsp3) is 0.889. The van der Waals surface area contributed by atoms with E-state index in [4.69, 9.17) is 4.55 Å². The third-order valence-electron chi connectivity index (χ3n) is 3.95. The first kappa shape index (κ1) is 25.9. The van der Waals surface area contributed by atoms with E-state index in [2.05, 4.69) is 6.92 Å². The van der Waals surface area contributed by atoms with Crippen molar-refractivity contribution in [1.82, 2.24) is 0 Å². The van der Waals surface area contributed by atoms with Crippen molar-refractivity contribution in [3.8, 4) is 0 Å². The Kier molecular flexibility index (Phi) is 21.4. The van der Waals surface area contributed by atoms with Crippen molar-refractivity contribution in [3.05, 3.63) is 12.2 Å². The van der Waals surface area contributed by atoms with Crippen LogP contribution in [0.1, 0.15) is 96.8 Å². The average Bonchev–Trinajstić information content (AvgIpc) is 2.45. The fourth-order valence-corrected chi connectivity index (χ4v) is 2.97. The Labute approximate surface area is 166 Å². The van der Waals surface area contributed by atoms with Crippen molar-refractivity contribution in [2.45, 2.75) is 96.8 Å². The average molecular weight is 357 g/mol. The van der Waals surface area contributed by atoms with E-state index in [0.29, 0.717) is 0 Å². The Morgan fingerprint density at radius 2 is 1.09 bits per heavy atom. The Morgan fingerprint density at radius 1 is 0.696 bits per heavy atom. The SMILES string of the molecule is CCCCCCCCCCCCCCCC=CCS(=O)(=O)O.[NaH]. The van der Waals surface area contributed by atoms with Gasteiger partial charge in [-0.3, -0.25) is 4.55 Å². The first-order chi connectivity index (χ1) is 10.6. The van der Waals surface area contributed by atoms with Crippen LogP contribution in [0.25, 0.3) is 0 Å². The molecule has 134 valence electrons. The molecule has 0 saturated heterocycles. The molecule has 5 heteroatoms. The minimum atomic E-state index is -3.83. The van der Waals surface area contributed by atoms with Gasteiger partial charge >= 0.3 is 29.6 Å². The van der Waals surface area contributed by atoms with Crippen molar-refractivity contribution in [1.29, 1.82) is 0 Å². The van der Waals surface area contributed by atoms with Gasteiger partial charge in [0.05, 0.1) is 5.75 Å². The summed E-state index contributed by atoms with van der Waals surface area (Å²) in [6.07, 6.45) is 21.7. The molecule has 0 aliphatic rings. The van der Waals surface area contributed by atoms with E-state index in [0.717, 1.165) is 12.8 Å². The third-order valence-corrected chi connectivity index (χ3v) is 4.56. The van der Waals surface area contributed by atoms with Crippen molar-refractivity contribution in [2.75, 3.05) is 5.75 Å². The first-order valence-corrected chi connectivity index (χ1v) is 10.8. The standard InChI is InChI=1S/C18H36O3S.Na.H/c1-2-3-4-5-6-7-8-9-10-11-12-13-14-15-16-17-18-22(19,20)21;;/h16-17H,2-15,18H2,1H3,(H,19,20,21);;. The Hall–Kier alpha value is 0.650. The van der Waals surface area contributed by atoms with E-state index in [1.807, 2.05) is 6.08 Å². The molecule has 0 saturated carbocycles. The van der Waals surface area contributed by atoms with Crippen molar-refractivity contribution < 1.29 is 13.0 Å². The van der Waals surface area contributed by atoms with E-state index < -0.39 is 10.1 Å². The zero-order chi connectivity index (χ0) is 16.5. The Morgan fingerprint density at radius 3 is 1.48 bits per heavy atom. The maximum absolute atomic E-state index is 10.5. The molecule has 0 bridgehead atoms. The quantitative estimate of drug-likeness (QED) is 0.177. The molecule has 0 unspecified atom stereocenters. The molecule has 0 atom stereocenters. The molecule has 0 heterocycles. The predicted octanol–water partition coefficient (Wildman–Crippen LogP) is 5.26. The molecule has 3 nitrogen and oxygen atoms in total. The van der Waals surface area contributed by atoms with Gasteiger partial charge in [0.15, 0.2) is 0 Å². The summed E-state index contributed by atoms with van der Waals surface area (Å²) in [5.74, 6) is -0.258. The van der Waals surface area contributed by atoms with Gasteiger partial charge in [0, 0.05) is 0 Å². The summed E-state index contributed by atoms with van der Waals surface area (Å²) in [6.45, 7) is 2.26. The van der Waals surface area contributed by atoms with Gasteiger partial charge in [-0.15, -0.1) is 0 Å². The third kappa shape index (κ3) is 25.0. The van der Waals surface area contributed by atoms with Crippen LogP contribution in [0.3, 0.4) is 0 Å².